The van der Waals surface area contributed by atoms with Gasteiger partial charge >= 0.3 is 0 Å². The molecule has 86 valence electrons. The minimum absolute atomic E-state index is 0.0762. The highest BCUT2D eigenvalue weighted by Gasteiger charge is 2.09. The van der Waals surface area contributed by atoms with E-state index in [1.54, 1.807) is 11.6 Å². The van der Waals surface area contributed by atoms with Crippen molar-refractivity contribution in [1.29, 1.82) is 5.26 Å². The highest BCUT2D eigenvalue weighted by Crippen LogP contribution is 2.20. The summed E-state index contributed by atoms with van der Waals surface area (Å²) < 4.78 is 1.64. The van der Waals surface area contributed by atoms with E-state index in [0.29, 0.717) is 5.56 Å². The maximum Gasteiger partial charge on any atom is 0.255 e. The van der Waals surface area contributed by atoms with Gasteiger partial charge in [0.2, 0.25) is 0 Å². The van der Waals surface area contributed by atoms with Crippen molar-refractivity contribution in [3.63, 3.8) is 0 Å². The molecular formula is C14H14N2O. The van der Waals surface area contributed by atoms with Gasteiger partial charge in [0.25, 0.3) is 5.56 Å². The monoisotopic (exact) mass is 226 g/mol. The first-order chi connectivity index (χ1) is 8.06. The molecule has 1 aromatic carbocycles. The van der Waals surface area contributed by atoms with Crippen molar-refractivity contribution >= 4 is 10.9 Å². The van der Waals surface area contributed by atoms with Crippen LogP contribution < -0.4 is 5.56 Å². The van der Waals surface area contributed by atoms with Crippen LogP contribution in [0, 0.1) is 25.2 Å². The Morgan fingerprint density at radius 2 is 2.06 bits per heavy atom. The van der Waals surface area contributed by atoms with E-state index in [-0.39, 0.29) is 12.0 Å². The predicted molar refractivity (Wildman–Crippen MR) is 68.0 cm³/mol. The van der Waals surface area contributed by atoms with E-state index in [9.17, 15) is 4.79 Å². The van der Waals surface area contributed by atoms with Crippen LogP contribution in [0.2, 0.25) is 0 Å². The van der Waals surface area contributed by atoms with E-state index in [1.165, 1.54) is 5.56 Å². The number of pyridine rings is 1. The zero-order valence-electron chi connectivity index (χ0n) is 10.2. The van der Waals surface area contributed by atoms with E-state index in [1.807, 2.05) is 38.1 Å². The molecule has 0 fully saturated rings. The van der Waals surface area contributed by atoms with Gasteiger partial charge in [-0.2, -0.15) is 5.26 Å². The molecule has 0 bridgehead atoms. The quantitative estimate of drug-likeness (QED) is 0.748. The number of hydrogen-bond acceptors (Lipinski definition) is 2. The van der Waals surface area contributed by atoms with Gasteiger partial charge in [-0.1, -0.05) is 12.1 Å². The van der Waals surface area contributed by atoms with Crippen molar-refractivity contribution < 1.29 is 0 Å². The highest BCUT2D eigenvalue weighted by molar-refractivity contribution is 5.83. The van der Waals surface area contributed by atoms with Gasteiger partial charge in [0.05, 0.1) is 18.0 Å². The average Bonchev–Trinajstić information content (AvgIpc) is 2.30. The summed E-state index contributed by atoms with van der Waals surface area (Å²) in [5, 5.41) is 9.72. The zero-order chi connectivity index (χ0) is 12.6. The molecule has 3 heteroatoms. The second kappa shape index (κ2) is 4.06. The fourth-order valence-electron chi connectivity index (χ4n) is 2.16. The van der Waals surface area contributed by atoms with E-state index in [0.717, 1.165) is 16.5 Å². The Kier molecular flexibility index (Phi) is 2.72. The maximum atomic E-state index is 12.0. The van der Waals surface area contributed by atoms with Crippen molar-refractivity contribution in [1.82, 2.24) is 4.57 Å². The Hall–Kier alpha value is -2.08. The fourth-order valence-corrected chi connectivity index (χ4v) is 2.16. The molecule has 17 heavy (non-hydrogen) atoms. The third-order valence-electron chi connectivity index (χ3n) is 3.25. The standard InChI is InChI=1S/C14H14N2O/c1-9-4-5-11-8-12(6-7-15)14(17)16(3)13(11)10(9)2/h4-5,8H,6H2,1-3H3. The van der Waals surface area contributed by atoms with Gasteiger partial charge in [-0.3, -0.25) is 4.79 Å². The molecule has 0 aliphatic heterocycles. The van der Waals surface area contributed by atoms with Crippen LogP contribution in [-0.4, -0.2) is 4.57 Å². The lowest BCUT2D eigenvalue weighted by Crippen LogP contribution is -2.21. The van der Waals surface area contributed by atoms with Crippen LogP contribution in [0.15, 0.2) is 23.0 Å². The number of rotatable bonds is 1. The second-order valence-electron chi connectivity index (χ2n) is 4.31. The van der Waals surface area contributed by atoms with Crippen LogP contribution >= 0.6 is 0 Å². The number of aryl methyl sites for hydroxylation is 3. The normalized spacial score (nSPS) is 10.5. The van der Waals surface area contributed by atoms with Crippen LogP contribution in [0.3, 0.4) is 0 Å². The molecule has 0 saturated carbocycles. The van der Waals surface area contributed by atoms with Crippen molar-refractivity contribution in [2.45, 2.75) is 20.3 Å². The number of fused-ring (bicyclic) bond motifs is 1. The Labute approximate surface area is 99.9 Å². The van der Waals surface area contributed by atoms with Crippen molar-refractivity contribution in [3.05, 3.63) is 45.2 Å². The molecule has 0 unspecified atom stereocenters. The predicted octanol–water partition coefficient (Wildman–Crippen LogP) is 2.22. The van der Waals surface area contributed by atoms with Crippen LogP contribution in [0.4, 0.5) is 0 Å². The summed E-state index contributed by atoms with van der Waals surface area (Å²) in [5.41, 5.74) is 3.72. The minimum atomic E-state index is -0.0762. The largest absolute Gasteiger partial charge is 0.311 e. The molecule has 0 N–H and O–H groups in total. The second-order valence-corrected chi connectivity index (χ2v) is 4.31. The topological polar surface area (TPSA) is 45.8 Å². The Morgan fingerprint density at radius 3 is 2.71 bits per heavy atom. The first kappa shape index (κ1) is 11.4. The van der Waals surface area contributed by atoms with E-state index < -0.39 is 0 Å². The van der Waals surface area contributed by atoms with Gasteiger partial charge in [0.15, 0.2) is 0 Å². The lowest BCUT2D eigenvalue weighted by molar-refractivity contribution is 0.881. The fraction of sp³-hybridized carbons (Fsp3) is 0.286. The summed E-state index contributed by atoms with van der Waals surface area (Å²) in [4.78, 5) is 12.0. The molecule has 2 aromatic rings. The summed E-state index contributed by atoms with van der Waals surface area (Å²) >= 11 is 0. The number of aromatic nitrogens is 1. The molecule has 0 saturated heterocycles. The lowest BCUT2D eigenvalue weighted by atomic mass is 10.0. The smallest absolute Gasteiger partial charge is 0.255 e. The van der Waals surface area contributed by atoms with E-state index in [4.69, 9.17) is 5.26 Å². The van der Waals surface area contributed by atoms with Gasteiger partial charge in [-0.15, -0.1) is 0 Å². The summed E-state index contributed by atoms with van der Waals surface area (Å²) in [6.07, 6.45) is 0.162. The molecule has 0 spiro atoms. The zero-order valence-corrected chi connectivity index (χ0v) is 10.2. The summed E-state index contributed by atoms with van der Waals surface area (Å²) in [6.45, 7) is 4.05. The minimum Gasteiger partial charge on any atom is -0.311 e. The van der Waals surface area contributed by atoms with Crippen LogP contribution in [0.25, 0.3) is 10.9 Å². The first-order valence-corrected chi connectivity index (χ1v) is 5.52. The van der Waals surface area contributed by atoms with Gasteiger partial charge in [-0.25, -0.2) is 0 Å². The molecule has 1 heterocycles. The Morgan fingerprint density at radius 1 is 1.35 bits per heavy atom. The molecular weight excluding hydrogens is 212 g/mol. The van der Waals surface area contributed by atoms with Gasteiger partial charge < -0.3 is 4.57 Å². The summed E-state index contributed by atoms with van der Waals surface area (Å²) in [6, 6.07) is 7.89. The third-order valence-corrected chi connectivity index (χ3v) is 3.25. The van der Waals surface area contributed by atoms with Crippen LogP contribution in [0.1, 0.15) is 16.7 Å². The van der Waals surface area contributed by atoms with E-state index >= 15 is 0 Å². The van der Waals surface area contributed by atoms with Crippen molar-refractivity contribution in [2.75, 3.05) is 0 Å². The first-order valence-electron chi connectivity index (χ1n) is 5.52. The molecule has 2 rings (SSSR count). The molecule has 0 amide bonds. The number of benzene rings is 1. The maximum absolute atomic E-state index is 12.0. The van der Waals surface area contributed by atoms with E-state index in [2.05, 4.69) is 0 Å². The van der Waals surface area contributed by atoms with Crippen molar-refractivity contribution in [2.24, 2.45) is 7.05 Å². The van der Waals surface area contributed by atoms with Crippen LogP contribution in [-0.2, 0) is 13.5 Å². The number of nitrogens with zero attached hydrogens (tertiary/aromatic N) is 2. The SMILES string of the molecule is Cc1ccc2cc(CC#N)c(=O)n(C)c2c1C. The Balaban J connectivity index is 2.92. The summed E-state index contributed by atoms with van der Waals surface area (Å²) in [7, 11) is 1.76. The van der Waals surface area contributed by atoms with Crippen LogP contribution in [0.5, 0.6) is 0 Å². The average molecular weight is 226 g/mol. The van der Waals surface area contributed by atoms with Gasteiger partial charge in [0.1, 0.15) is 0 Å². The number of nitriles is 1. The third kappa shape index (κ3) is 1.72. The molecule has 0 atom stereocenters. The number of hydrogen-bond donors (Lipinski definition) is 0. The molecule has 3 nitrogen and oxygen atoms in total. The summed E-state index contributed by atoms with van der Waals surface area (Å²) in [5.74, 6) is 0. The van der Waals surface area contributed by atoms with Crippen molar-refractivity contribution in [3.8, 4) is 6.07 Å². The van der Waals surface area contributed by atoms with Gasteiger partial charge in [-0.05, 0) is 36.4 Å². The highest BCUT2D eigenvalue weighted by atomic mass is 16.1. The van der Waals surface area contributed by atoms with Gasteiger partial charge in [0, 0.05) is 12.6 Å². The molecule has 0 aliphatic carbocycles. The Bertz CT molecular complexity index is 690. The molecule has 0 aliphatic rings. The lowest BCUT2D eigenvalue weighted by Gasteiger charge is -2.11. The molecule has 1 aromatic heterocycles. The molecule has 0 radical (unpaired) electrons.